The summed E-state index contributed by atoms with van der Waals surface area (Å²) in [4.78, 5) is 7.78. The molecule has 0 saturated heterocycles. The number of rotatable bonds is 2. The Morgan fingerprint density at radius 3 is 2.50 bits per heavy atom. The van der Waals surface area contributed by atoms with Crippen LogP contribution in [0.25, 0.3) is 0 Å². The SMILES string of the molecule is CN=C=N[C@@H](C)c1ccccc1. The van der Waals surface area contributed by atoms with E-state index in [1.165, 1.54) is 5.56 Å². The molecule has 0 aliphatic carbocycles. The van der Waals surface area contributed by atoms with E-state index in [4.69, 9.17) is 0 Å². The van der Waals surface area contributed by atoms with Crippen LogP contribution in [0.3, 0.4) is 0 Å². The molecule has 0 spiro atoms. The van der Waals surface area contributed by atoms with Gasteiger partial charge in [0.25, 0.3) is 0 Å². The average molecular weight is 160 g/mol. The Hall–Kier alpha value is -1.40. The number of benzene rings is 1. The van der Waals surface area contributed by atoms with Crippen molar-refractivity contribution in [3.8, 4) is 0 Å². The van der Waals surface area contributed by atoms with Crippen molar-refractivity contribution >= 4 is 6.01 Å². The Balaban J connectivity index is 2.79. The van der Waals surface area contributed by atoms with Crippen molar-refractivity contribution in [2.24, 2.45) is 9.98 Å². The molecule has 2 heteroatoms. The van der Waals surface area contributed by atoms with Gasteiger partial charge in [-0.2, -0.15) is 0 Å². The maximum Gasteiger partial charge on any atom is 0.0895 e. The Kier molecular flexibility index (Phi) is 3.24. The smallest absolute Gasteiger partial charge is 0.0895 e. The number of hydrogen-bond acceptors (Lipinski definition) is 2. The van der Waals surface area contributed by atoms with Gasteiger partial charge in [-0.3, -0.25) is 0 Å². The maximum absolute atomic E-state index is 4.10. The Labute approximate surface area is 72.7 Å². The van der Waals surface area contributed by atoms with E-state index in [0.29, 0.717) is 0 Å². The van der Waals surface area contributed by atoms with Gasteiger partial charge in [0.1, 0.15) is 0 Å². The lowest BCUT2D eigenvalue weighted by Crippen LogP contribution is -1.87. The predicted octanol–water partition coefficient (Wildman–Crippen LogP) is 2.55. The summed E-state index contributed by atoms with van der Waals surface area (Å²) in [6.07, 6.45) is 0. The lowest BCUT2D eigenvalue weighted by atomic mass is 10.1. The van der Waals surface area contributed by atoms with Crippen molar-refractivity contribution in [1.82, 2.24) is 0 Å². The van der Waals surface area contributed by atoms with Gasteiger partial charge in [-0.15, -0.1) is 0 Å². The monoisotopic (exact) mass is 160 g/mol. The highest BCUT2D eigenvalue weighted by Gasteiger charge is 1.99. The standard InChI is InChI=1S/C10H12N2/c1-9(12-8-11-2)10-6-4-3-5-7-10/h3-7,9H,1-2H3/t9-/m0/s1. The second-order valence-corrected chi connectivity index (χ2v) is 2.54. The van der Waals surface area contributed by atoms with Crippen LogP contribution in [0.5, 0.6) is 0 Å². The molecule has 12 heavy (non-hydrogen) atoms. The first-order chi connectivity index (χ1) is 5.84. The van der Waals surface area contributed by atoms with Gasteiger partial charge < -0.3 is 0 Å². The molecule has 0 fully saturated rings. The molecular formula is C10H12N2. The molecule has 0 unspecified atom stereocenters. The Morgan fingerprint density at radius 1 is 1.25 bits per heavy atom. The van der Waals surface area contributed by atoms with Crippen molar-refractivity contribution in [2.75, 3.05) is 7.05 Å². The first-order valence-electron chi connectivity index (χ1n) is 3.93. The van der Waals surface area contributed by atoms with Crippen molar-refractivity contribution in [2.45, 2.75) is 13.0 Å². The molecule has 1 aromatic rings. The Bertz CT molecular complexity index is 284. The molecule has 0 N–H and O–H groups in total. The third kappa shape index (κ3) is 2.33. The van der Waals surface area contributed by atoms with Crippen LogP contribution in [0.2, 0.25) is 0 Å². The van der Waals surface area contributed by atoms with Crippen LogP contribution in [0.15, 0.2) is 40.3 Å². The number of aliphatic imine (C=N–C) groups is 2. The average Bonchev–Trinajstić information content (AvgIpc) is 2.15. The van der Waals surface area contributed by atoms with E-state index in [1.807, 2.05) is 37.3 Å². The van der Waals surface area contributed by atoms with Gasteiger partial charge in [0.05, 0.1) is 12.1 Å². The summed E-state index contributed by atoms with van der Waals surface area (Å²) in [6, 6.07) is 12.8. The third-order valence-electron chi connectivity index (χ3n) is 1.63. The van der Waals surface area contributed by atoms with E-state index in [1.54, 1.807) is 7.05 Å². The highest BCUT2D eigenvalue weighted by atomic mass is 14.8. The highest BCUT2D eigenvalue weighted by molar-refractivity contribution is 5.42. The van der Waals surface area contributed by atoms with Crippen LogP contribution in [0.4, 0.5) is 0 Å². The number of nitrogens with zero attached hydrogens (tertiary/aromatic N) is 2. The second-order valence-electron chi connectivity index (χ2n) is 2.54. The molecule has 0 amide bonds. The van der Waals surface area contributed by atoms with Crippen molar-refractivity contribution in [1.29, 1.82) is 0 Å². The fraction of sp³-hybridized carbons (Fsp3) is 0.300. The Morgan fingerprint density at radius 2 is 1.92 bits per heavy atom. The summed E-state index contributed by atoms with van der Waals surface area (Å²) in [6.45, 7) is 2.02. The fourth-order valence-corrected chi connectivity index (χ4v) is 0.950. The van der Waals surface area contributed by atoms with Gasteiger partial charge in [0.15, 0.2) is 0 Å². The zero-order valence-corrected chi connectivity index (χ0v) is 7.36. The maximum atomic E-state index is 4.10. The molecule has 1 rings (SSSR count). The lowest BCUT2D eigenvalue weighted by Gasteiger charge is -2.02. The molecule has 0 aliphatic heterocycles. The molecule has 0 aliphatic rings. The first kappa shape index (κ1) is 8.69. The van der Waals surface area contributed by atoms with E-state index in [9.17, 15) is 0 Å². The number of hydrogen-bond donors (Lipinski definition) is 0. The van der Waals surface area contributed by atoms with Gasteiger partial charge in [0.2, 0.25) is 0 Å². The zero-order valence-electron chi connectivity index (χ0n) is 7.36. The first-order valence-corrected chi connectivity index (χ1v) is 3.93. The summed E-state index contributed by atoms with van der Waals surface area (Å²) in [7, 11) is 1.67. The third-order valence-corrected chi connectivity index (χ3v) is 1.63. The lowest BCUT2D eigenvalue weighted by molar-refractivity contribution is 0.825. The van der Waals surface area contributed by atoms with E-state index < -0.39 is 0 Å². The van der Waals surface area contributed by atoms with Gasteiger partial charge in [-0.05, 0) is 12.5 Å². The molecule has 62 valence electrons. The van der Waals surface area contributed by atoms with E-state index in [-0.39, 0.29) is 6.04 Å². The summed E-state index contributed by atoms with van der Waals surface area (Å²) in [5.74, 6) is 0. The summed E-state index contributed by atoms with van der Waals surface area (Å²) in [5.41, 5.74) is 1.19. The topological polar surface area (TPSA) is 24.7 Å². The molecule has 1 atom stereocenters. The largest absolute Gasteiger partial charge is 0.229 e. The van der Waals surface area contributed by atoms with Crippen molar-refractivity contribution < 1.29 is 0 Å². The highest BCUT2D eigenvalue weighted by Crippen LogP contribution is 2.14. The molecular weight excluding hydrogens is 148 g/mol. The van der Waals surface area contributed by atoms with Crippen LogP contribution in [-0.4, -0.2) is 13.1 Å². The van der Waals surface area contributed by atoms with Crippen LogP contribution in [0.1, 0.15) is 18.5 Å². The van der Waals surface area contributed by atoms with E-state index >= 15 is 0 Å². The van der Waals surface area contributed by atoms with Crippen LogP contribution in [0, 0.1) is 0 Å². The normalized spacial score (nSPS) is 11.5. The minimum Gasteiger partial charge on any atom is -0.229 e. The molecule has 1 aromatic carbocycles. The van der Waals surface area contributed by atoms with Gasteiger partial charge in [0, 0.05) is 7.05 Å². The minimum absolute atomic E-state index is 0.148. The summed E-state index contributed by atoms with van der Waals surface area (Å²) in [5, 5.41) is 0. The molecule has 0 aromatic heterocycles. The van der Waals surface area contributed by atoms with Crippen LogP contribution >= 0.6 is 0 Å². The molecule has 0 bridgehead atoms. The predicted molar refractivity (Wildman–Crippen MR) is 50.6 cm³/mol. The molecule has 0 saturated carbocycles. The van der Waals surface area contributed by atoms with E-state index in [0.717, 1.165) is 0 Å². The van der Waals surface area contributed by atoms with Crippen molar-refractivity contribution in [3.05, 3.63) is 35.9 Å². The van der Waals surface area contributed by atoms with Gasteiger partial charge >= 0.3 is 0 Å². The second kappa shape index (κ2) is 4.47. The van der Waals surface area contributed by atoms with Gasteiger partial charge in [-0.1, -0.05) is 30.3 Å². The zero-order chi connectivity index (χ0) is 8.81. The van der Waals surface area contributed by atoms with Crippen LogP contribution in [-0.2, 0) is 0 Å². The molecule has 2 nitrogen and oxygen atoms in total. The summed E-state index contributed by atoms with van der Waals surface area (Å²) >= 11 is 0. The fourth-order valence-electron chi connectivity index (χ4n) is 0.950. The van der Waals surface area contributed by atoms with Crippen LogP contribution < -0.4 is 0 Å². The molecule has 0 radical (unpaired) electrons. The molecule has 0 heterocycles. The van der Waals surface area contributed by atoms with Crippen molar-refractivity contribution in [3.63, 3.8) is 0 Å². The van der Waals surface area contributed by atoms with Gasteiger partial charge in [-0.25, -0.2) is 9.98 Å². The minimum atomic E-state index is 0.148. The van der Waals surface area contributed by atoms with E-state index in [2.05, 4.69) is 16.0 Å². The quantitative estimate of drug-likeness (QED) is 0.594. The summed E-state index contributed by atoms with van der Waals surface area (Å²) < 4.78 is 0.